The van der Waals surface area contributed by atoms with Crippen LogP contribution in [0.4, 0.5) is 0 Å². The van der Waals surface area contributed by atoms with Crippen LogP contribution in [-0.2, 0) is 9.53 Å². The first-order chi connectivity index (χ1) is 14.7. The molecule has 1 aliphatic heterocycles. The number of aliphatic carboxylic acids is 1. The van der Waals surface area contributed by atoms with E-state index < -0.39 is 12.1 Å². The van der Waals surface area contributed by atoms with Crippen molar-refractivity contribution in [3.05, 3.63) is 78.1 Å². The van der Waals surface area contributed by atoms with E-state index in [1.807, 2.05) is 67.7 Å². The number of carboxylic acid groups (broad SMARTS) is 1. The minimum absolute atomic E-state index is 0. The number of ether oxygens (including phenoxy) is 3. The van der Waals surface area contributed by atoms with Crippen LogP contribution in [0.3, 0.4) is 0 Å². The molecule has 0 aliphatic carbocycles. The van der Waals surface area contributed by atoms with Crippen LogP contribution in [0.15, 0.2) is 67.0 Å². The molecule has 154 valence electrons. The van der Waals surface area contributed by atoms with E-state index in [0.29, 0.717) is 19.0 Å². The van der Waals surface area contributed by atoms with Gasteiger partial charge in [-0.2, -0.15) is 0 Å². The number of aromatic nitrogens is 1. The van der Waals surface area contributed by atoms with Gasteiger partial charge in [0.2, 0.25) is 0 Å². The van der Waals surface area contributed by atoms with E-state index in [9.17, 15) is 9.90 Å². The fraction of sp³-hybridized carbons (Fsp3) is 0.250. The van der Waals surface area contributed by atoms with Crippen molar-refractivity contribution in [2.45, 2.75) is 25.6 Å². The van der Waals surface area contributed by atoms with Gasteiger partial charge >= 0.3 is 29.6 Å². The number of para-hydroxylation sites is 1. The van der Waals surface area contributed by atoms with Crippen LogP contribution in [0.25, 0.3) is 11.1 Å². The van der Waals surface area contributed by atoms with Crippen molar-refractivity contribution in [2.24, 2.45) is 0 Å². The zero-order chi connectivity index (χ0) is 20.9. The van der Waals surface area contributed by atoms with Crippen LogP contribution in [0, 0.1) is 0 Å². The molecule has 31 heavy (non-hydrogen) atoms. The van der Waals surface area contributed by atoms with Crippen LogP contribution in [0.1, 0.15) is 36.7 Å². The Morgan fingerprint density at radius 3 is 2.68 bits per heavy atom. The summed E-state index contributed by atoms with van der Waals surface area (Å²) in [6, 6.07) is 17.2. The molecule has 0 unspecified atom stereocenters. The molecule has 1 aliphatic rings. The first kappa shape index (κ1) is 23.3. The largest absolute Gasteiger partial charge is 1.00 e. The van der Waals surface area contributed by atoms with Crippen molar-refractivity contribution in [3.8, 4) is 22.6 Å². The second-order valence-corrected chi connectivity index (χ2v) is 6.97. The summed E-state index contributed by atoms with van der Waals surface area (Å²) in [5.41, 5.74) is 3.75. The molecule has 4 rings (SSSR count). The second kappa shape index (κ2) is 10.8. The molecule has 1 aromatic heterocycles. The molecule has 0 bridgehead atoms. The maximum absolute atomic E-state index is 11.0. The van der Waals surface area contributed by atoms with Gasteiger partial charge in [-0.1, -0.05) is 36.4 Å². The number of hydrogen-bond acceptors (Lipinski definition) is 6. The Morgan fingerprint density at radius 2 is 2.00 bits per heavy atom. The predicted octanol–water partition coefficient (Wildman–Crippen LogP) is 0.483. The van der Waals surface area contributed by atoms with E-state index in [1.54, 1.807) is 6.20 Å². The summed E-state index contributed by atoms with van der Waals surface area (Å²) in [6.07, 6.45) is 2.61. The molecular formula is C24H22NNaO5. The van der Waals surface area contributed by atoms with Gasteiger partial charge in [0, 0.05) is 48.1 Å². The number of hydrogen-bond donors (Lipinski definition) is 0. The number of nitrogens with zero attached hydrogens (tertiary/aromatic N) is 1. The average Bonchev–Trinajstić information content (AvgIpc) is 3.17. The first-order valence-electron chi connectivity index (χ1n) is 9.90. The topological polar surface area (TPSA) is 80.7 Å². The van der Waals surface area contributed by atoms with E-state index in [4.69, 9.17) is 14.2 Å². The van der Waals surface area contributed by atoms with Gasteiger partial charge in [0.15, 0.2) is 6.10 Å². The summed E-state index contributed by atoms with van der Waals surface area (Å²) in [5.74, 6) is 0.353. The van der Waals surface area contributed by atoms with Gasteiger partial charge < -0.3 is 24.1 Å². The first-order valence-corrected chi connectivity index (χ1v) is 9.90. The monoisotopic (exact) mass is 427 g/mol. The average molecular weight is 427 g/mol. The third-order valence-electron chi connectivity index (χ3n) is 4.99. The van der Waals surface area contributed by atoms with E-state index in [2.05, 4.69) is 4.98 Å². The smallest absolute Gasteiger partial charge is 0.550 e. The van der Waals surface area contributed by atoms with E-state index in [0.717, 1.165) is 28.0 Å². The summed E-state index contributed by atoms with van der Waals surface area (Å²) in [6.45, 7) is 2.67. The number of pyridine rings is 1. The third-order valence-corrected chi connectivity index (χ3v) is 4.99. The normalized spacial score (nSPS) is 15.3. The number of carboxylic acids is 1. The number of carbonyl (C=O) groups excluding carboxylic acids is 1. The van der Waals surface area contributed by atoms with Crippen LogP contribution in [0.2, 0.25) is 0 Å². The maximum Gasteiger partial charge on any atom is 1.00 e. The molecule has 0 amide bonds. The fourth-order valence-electron chi connectivity index (χ4n) is 3.62. The van der Waals surface area contributed by atoms with Crippen molar-refractivity contribution in [2.75, 3.05) is 13.2 Å². The van der Waals surface area contributed by atoms with E-state index in [-0.39, 0.29) is 42.1 Å². The summed E-state index contributed by atoms with van der Waals surface area (Å²) in [5, 5.41) is 11.0. The number of carbonyl (C=O) groups is 1. The van der Waals surface area contributed by atoms with E-state index >= 15 is 0 Å². The van der Waals surface area contributed by atoms with Gasteiger partial charge in [-0.05, 0) is 30.7 Å². The predicted molar refractivity (Wildman–Crippen MR) is 109 cm³/mol. The van der Waals surface area contributed by atoms with Gasteiger partial charge in [-0.15, -0.1) is 0 Å². The summed E-state index contributed by atoms with van der Waals surface area (Å²) in [7, 11) is 0. The zero-order valence-electron chi connectivity index (χ0n) is 17.6. The Hall–Kier alpha value is -2.38. The minimum atomic E-state index is -1.14. The Balaban J connectivity index is 0.00000272. The number of benzene rings is 2. The van der Waals surface area contributed by atoms with Gasteiger partial charge in [-0.3, -0.25) is 4.98 Å². The Morgan fingerprint density at radius 1 is 1.19 bits per heavy atom. The van der Waals surface area contributed by atoms with E-state index in [1.165, 1.54) is 0 Å². The zero-order valence-corrected chi connectivity index (χ0v) is 19.6. The molecule has 2 heterocycles. The molecule has 0 N–H and O–H groups in total. The number of fused-ring (bicyclic) bond motifs is 1. The summed E-state index contributed by atoms with van der Waals surface area (Å²) < 4.78 is 17.6. The fourth-order valence-corrected chi connectivity index (χ4v) is 3.62. The van der Waals surface area contributed by atoms with Crippen LogP contribution in [-0.4, -0.2) is 24.2 Å². The molecule has 0 fully saturated rings. The van der Waals surface area contributed by atoms with Crippen molar-refractivity contribution >= 4 is 5.97 Å². The second-order valence-electron chi connectivity index (χ2n) is 6.97. The molecule has 0 radical (unpaired) electrons. The SMILES string of the molecule is CCO[C@@H](CC(=O)[O-])c1ccc(O[C@@H]2COc3c(-c4cccnc4)cccc32)cc1.[Na+]. The molecule has 6 nitrogen and oxygen atoms in total. The molecule has 2 atom stereocenters. The summed E-state index contributed by atoms with van der Waals surface area (Å²) in [4.78, 5) is 15.2. The third kappa shape index (κ3) is 5.46. The van der Waals surface area contributed by atoms with Crippen molar-refractivity contribution in [1.29, 1.82) is 0 Å². The molecule has 0 saturated heterocycles. The van der Waals surface area contributed by atoms with Crippen molar-refractivity contribution in [1.82, 2.24) is 4.98 Å². The molecular weight excluding hydrogens is 405 g/mol. The van der Waals surface area contributed by atoms with Gasteiger partial charge in [0.1, 0.15) is 18.1 Å². The maximum atomic E-state index is 11.0. The number of rotatable bonds is 8. The van der Waals surface area contributed by atoms with Gasteiger partial charge in [0.05, 0.1) is 6.10 Å². The summed E-state index contributed by atoms with van der Waals surface area (Å²) >= 11 is 0. The Labute approximate surface area is 203 Å². The van der Waals surface area contributed by atoms with Crippen LogP contribution < -0.4 is 44.1 Å². The van der Waals surface area contributed by atoms with Gasteiger partial charge in [0.25, 0.3) is 0 Å². The molecule has 0 spiro atoms. The van der Waals surface area contributed by atoms with Crippen molar-refractivity contribution < 1.29 is 53.7 Å². The Kier molecular flexibility index (Phi) is 8.09. The van der Waals surface area contributed by atoms with Gasteiger partial charge in [-0.25, -0.2) is 0 Å². The minimum Gasteiger partial charge on any atom is -0.550 e. The molecule has 3 aromatic rings. The van der Waals surface area contributed by atoms with Crippen LogP contribution >= 0.6 is 0 Å². The van der Waals surface area contributed by atoms with Crippen LogP contribution in [0.5, 0.6) is 11.5 Å². The quantitative estimate of drug-likeness (QED) is 0.487. The standard InChI is InChI=1S/C24H23NO5.Na/c1-2-28-21(13-23(26)27)16-8-10-18(11-9-16)30-22-15-29-24-19(6-3-7-20(22)24)17-5-4-12-25-14-17;/h3-12,14,21-22H,2,13,15H2,1H3,(H,26,27);/q;+1/p-1/t21-,22+;/m0./s1. The Bertz CT molecular complexity index is 1010. The molecule has 2 aromatic carbocycles. The van der Waals surface area contributed by atoms with Crippen molar-refractivity contribution in [3.63, 3.8) is 0 Å². The molecule has 0 saturated carbocycles. The molecule has 7 heteroatoms.